The topological polar surface area (TPSA) is 48.4 Å². The summed E-state index contributed by atoms with van der Waals surface area (Å²) in [4.78, 5) is 6.85. The highest BCUT2D eigenvalue weighted by molar-refractivity contribution is 6.31. The summed E-state index contributed by atoms with van der Waals surface area (Å²) in [6.07, 6.45) is 3.98. The van der Waals surface area contributed by atoms with Crippen LogP contribution in [0, 0.1) is 5.92 Å². The third-order valence-corrected chi connectivity index (χ3v) is 4.94. The van der Waals surface area contributed by atoms with Crippen molar-refractivity contribution >= 4 is 22.5 Å². The number of halogens is 1. The second-order valence-electron chi connectivity index (χ2n) is 6.86. The van der Waals surface area contributed by atoms with Crippen LogP contribution >= 0.6 is 11.6 Å². The van der Waals surface area contributed by atoms with Gasteiger partial charge in [0.1, 0.15) is 0 Å². The average Bonchev–Trinajstić information content (AvgIpc) is 2.56. The molecule has 3 rings (SSSR count). The highest BCUT2D eigenvalue weighted by Crippen LogP contribution is 2.22. The quantitative estimate of drug-likeness (QED) is 0.843. The van der Waals surface area contributed by atoms with E-state index in [0.29, 0.717) is 5.92 Å². The van der Waals surface area contributed by atoms with Crippen LogP contribution in [0.4, 0.5) is 0 Å². The number of likely N-dealkylation sites (tertiary alicyclic amines) is 1. The number of hydrogen-bond donors (Lipinski definition) is 2. The van der Waals surface area contributed by atoms with Crippen LogP contribution in [0.25, 0.3) is 10.9 Å². The molecule has 0 saturated carbocycles. The molecule has 0 aliphatic carbocycles. The number of rotatable bonds is 6. The molecule has 4 nitrogen and oxygen atoms in total. The molecule has 5 heteroatoms. The molecule has 0 bridgehead atoms. The van der Waals surface area contributed by atoms with Gasteiger partial charge in [-0.05, 0) is 69.1 Å². The number of aromatic nitrogens is 1. The minimum Gasteiger partial charge on any atom is -0.392 e. The van der Waals surface area contributed by atoms with E-state index in [-0.39, 0.29) is 6.10 Å². The normalized spacial score (nSPS) is 18.1. The van der Waals surface area contributed by atoms with Crippen molar-refractivity contribution in [3.63, 3.8) is 0 Å². The number of aliphatic hydroxyl groups is 1. The number of nitrogens with one attached hydrogen (secondary N) is 1. The molecule has 1 saturated heterocycles. The van der Waals surface area contributed by atoms with Gasteiger partial charge in [-0.15, -0.1) is 0 Å². The largest absolute Gasteiger partial charge is 0.392 e. The molecule has 1 fully saturated rings. The smallest absolute Gasteiger partial charge is 0.0747 e. The van der Waals surface area contributed by atoms with Crippen LogP contribution in [0.3, 0.4) is 0 Å². The number of hydrogen-bond acceptors (Lipinski definition) is 4. The molecule has 2 N–H and O–H groups in total. The summed E-state index contributed by atoms with van der Waals surface area (Å²) >= 11 is 6.23. The lowest BCUT2D eigenvalue weighted by atomic mass is 9.96. The van der Waals surface area contributed by atoms with Gasteiger partial charge in [0.25, 0.3) is 0 Å². The van der Waals surface area contributed by atoms with Crippen molar-refractivity contribution in [2.24, 2.45) is 5.92 Å². The highest BCUT2D eigenvalue weighted by atomic mass is 35.5. The van der Waals surface area contributed by atoms with Gasteiger partial charge in [0.2, 0.25) is 0 Å². The van der Waals surface area contributed by atoms with Crippen LogP contribution in [-0.2, 0) is 6.54 Å². The zero-order chi connectivity index (χ0) is 16.9. The third-order valence-electron chi connectivity index (χ3n) is 4.73. The Balaban J connectivity index is 1.51. The van der Waals surface area contributed by atoms with Crippen LogP contribution in [-0.4, -0.2) is 47.3 Å². The highest BCUT2D eigenvalue weighted by Gasteiger charge is 2.19. The van der Waals surface area contributed by atoms with Gasteiger partial charge in [-0.3, -0.25) is 4.98 Å². The monoisotopic (exact) mass is 347 g/mol. The summed E-state index contributed by atoms with van der Waals surface area (Å²) in [6.45, 7) is 6.63. The zero-order valence-electron chi connectivity index (χ0n) is 14.2. The van der Waals surface area contributed by atoms with E-state index in [4.69, 9.17) is 11.6 Å². The zero-order valence-corrected chi connectivity index (χ0v) is 15.0. The summed E-state index contributed by atoms with van der Waals surface area (Å²) in [6, 6.07) is 7.97. The van der Waals surface area contributed by atoms with Crippen LogP contribution < -0.4 is 5.32 Å². The Bertz CT molecular complexity index is 669. The molecule has 1 aliphatic rings. The van der Waals surface area contributed by atoms with Crippen LogP contribution in [0.2, 0.25) is 5.02 Å². The number of nitrogens with zero attached hydrogens (tertiary/aromatic N) is 2. The molecule has 1 aromatic heterocycles. The Morgan fingerprint density at radius 3 is 2.92 bits per heavy atom. The molecule has 0 radical (unpaired) electrons. The first-order chi connectivity index (χ1) is 11.6. The Morgan fingerprint density at radius 1 is 1.38 bits per heavy atom. The molecular formula is C19H26ClN3O. The Kier molecular flexibility index (Phi) is 6.06. The van der Waals surface area contributed by atoms with Gasteiger partial charge < -0.3 is 15.3 Å². The molecular weight excluding hydrogens is 322 g/mol. The van der Waals surface area contributed by atoms with E-state index in [1.807, 2.05) is 31.3 Å². The van der Waals surface area contributed by atoms with E-state index >= 15 is 0 Å². The lowest BCUT2D eigenvalue weighted by molar-refractivity contribution is 0.0998. The Labute approximate surface area is 148 Å². The number of pyridine rings is 1. The van der Waals surface area contributed by atoms with Crippen molar-refractivity contribution in [1.29, 1.82) is 0 Å². The Hall–Kier alpha value is -1.20. The molecule has 0 unspecified atom stereocenters. The first kappa shape index (κ1) is 17.6. The Morgan fingerprint density at radius 2 is 2.17 bits per heavy atom. The number of piperidine rings is 1. The van der Waals surface area contributed by atoms with E-state index in [0.717, 1.165) is 54.2 Å². The predicted octanol–water partition coefficient (Wildman–Crippen LogP) is 3.07. The average molecular weight is 348 g/mol. The van der Waals surface area contributed by atoms with Crippen LogP contribution in [0.1, 0.15) is 25.3 Å². The van der Waals surface area contributed by atoms with Gasteiger partial charge in [0.05, 0.1) is 11.6 Å². The third kappa shape index (κ3) is 4.67. The second-order valence-corrected chi connectivity index (χ2v) is 7.30. The summed E-state index contributed by atoms with van der Waals surface area (Å²) in [5.41, 5.74) is 2.19. The number of benzene rings is 1. The number of β-amino-alcohol motifs (C(OH)–C–C–N with tert-alkyl or cyclic N) is 1. The van der Waals surface area contributed by atoms with E-state index in [1.165, 1.54) is 12.8 Å². The SMILES string of the molecule is C[C@H](O)CN1CCC(CNCc2cc(Cl)cc3cccnc23)CC1. The van der Waals surface area contributed by atoms with Crippen molar-refractivity contribution in [3.05, 3.63) is 41.0 Å². The fourth-order valence-corrected chi connectivity index (χ4v) is 3.77. The van der Waals surface area contributed by atoms with Gasteiger partial charge in [0.15, 0.2) is 0 Å². The predicted molar refractivity (Wildman–Crippen MR) is 99.3 cm³/mol. The molecule has 1 aromatic carbocycles. The first-order valence-corrected chi connectivity index (χ1v) is 9.14. The van der Waals surface area contributed by atoms with Crippen LogP contribution in [0.5, 0.6) is 0 Å². The number of aliphatic hydroxyl groups excluding tert-OH is 1. The second kappa shape index (κ2) is 8.26. The van der Waals surface area contributed by atoms with Crippen molar-refractivity contribution in [3.8, 4) is 0 Å². The molecule has 2 aromatic rings. The van der Waals surface area contributed by atoms with Gasteiger partial charge >= 0.3 is 0 Å². The molecule has 0 spiro atoms. The molecule has 24 heavy (non-hydrogen) atoms. The lowest BCUT2D eigenvalue weighted by Gasteiger charge is -2.32. The maximum atomic E-state index is 9.48. The molecule has 1 aliphatic heterocycles. The molecule has 2 heterocycles. The minimum absolute atomic E-state index is 0.233. The summed E-state index contributed by atoms with van der Waals surface area (Å²) in [7, 11) is 0. The maximum absolute atomic E-state index is 9.48. The van der Waals surface area contributed by atoms with Gasteiger partial charge in [-0.1, -0.05) is 17.7 Å². The fraction of sp³-hybridized carbons (Fsp3) is 0.526. The van der Waals surface area contributed by atoms with Crippen molar-refractivity contribution in [2.75, 3.05) is 26.2 Å². The van der Waals surface area contributed by atoms with Crippen LogP contribution in [0.15, 0.2) is 30.5 Å². The standard InChI is InChI=1S/C19H26ClN3O/c1-14(24)13-23-7-4-15(5-8-23)11-21-12-17-10-18(20)9-16-3-2-6-22-19(16)17/h2-3,6,9-10,14-15,21,24H,4-5,7-8,11-13H2,1H3/t14-/m0/s1. The van der Waals surface area contributed by atoms with E-state index in [2.05, 4.69) is 21.3 Å². The first-order valence-electron chi connectivity index (χ1n) is 8.76. The van der Waals surface area contributed by atoms with Gasteiger partial charge in [-0.2, -0.15) is 0 Å². The van der Waals surface area contributed by atoms with Gasteiger partial charge in [0, 0.05) is 29.7 Å². The van der Waals surface area contributed by atoms with Crippen molar-refractivity contribution < 1.29 is 5.11 Å². The van der Waals surface area contributed by atoms with E-state index in [9.17, 15) is 5.11 Å². The number of fused-ring (bicyclic) bond motifs is 1. The van der Waals surface area contributed by atoms with Crippen molar-refractivity contribution in [2.45, 2.75) is 32.4 Å². The molecule has 1 atom stereocenters. The maximum Gasteiger partial charge on any atom is 0.0747 e. The van der Waals surface area contributed by atoms with E-state index < -0.39 is 0 Å². The summed E-state index contributed by atoms with van der Waals surface area (Å²) < 4.78 is 0. The molecule has 0 amide bonds. The minimum atomic E-state index is -0.233. The van der Waals surface area contributed by atoms with Crippen molar-refractivity contribution in [1.82, 2.24) is 15.2 Å². The fourth-order valence-electron chi connectivity index (χ4n) is 3.52. The van der Waals surface area contributed by atoms with E-state index in [1.54, 1.807) is 0 Å². The lowest BCUT2D eigenvalue weighted by Crippen LogP contribution is -2.40. The van der Waals surface area contributed by atoms with Gasteiger partial charge in [-0.25, -0.2) is 0 Å². The summed E-state index contributed by atoms with van der Waals surface area (Å²) in [5.74, 6) is 0.702. The summed E-state index contributed by atoms with van der Waals surface area (Å²) in [5, 5.41) is 14.9. The molecule has 130 valence electrons.